The summed E-state index contributed by atoms with van der Waals surface area (Å²) >= 11 is 3.44. The fraction of sp³-hybridized carbons (Fsp3) is 0.500. The van der Waals surface area contributed by atoms with Crippen LogP contribution in [0.15, 0.2) is 28.7 Å². The van der Waals surface area contributed by atoms with E-state index < -0.39 is 5.54 Å². The van der Waals surface area contributed by atoms with Gasteiger partial charge in [-0.1, -0.05) is 22.0 Å². The van der Waals surface area contributed by atoms with Crippen LogP contribution in [0.4, 0.5) is 5.69 Å². The molecule has 1 fully saturated rings. The summed E-state index contributed by atoms with van der Waals surface area (Å²) in [6.45, 7) is 2.99. The highest BCUT2D eigenvalue weighted by atomic mass is 79.9. The lowest BCUT2D eigenvalue weighted by atomic mass is 9.83. The van der Waals surface area contributed by atoms with E-state index in [2.05, 4.69) is 40.1 Å². The number of nitrogens with two attached hydrogens (primary N) is 1. The van der Waals surface area contributed by atoms with Gasteiger partial charge < -0.3 is 16.0 Å². The maximum absolute atomic E-state index is 11.9. The molecule has 0 aliphatic carbocycles. The van der Waals surface area contributed by atoms with Crippen molar-refractivity contribution in [2.75, 3.05) is 18.9 Å². The first kappa shape index (κ1) is 14.3. The predicted molar refractivity (Wildman–Crippen MR) is 81.0 cm³/mol. The summed E-state index contributed by atoms with van der Waals surface area (Å²) in [6, 6.07) is 8.16. The maximum Gasteiger partial charge on any atom is 0.243 e. The monoisotopic (exact) mass is 325 g/mol. The van der Waals surface area contributed by atoms with Gasteiger partial charge in [0.25, 0.3) is 0 Å². The molecule has 0 spiro atoms. The molecule has 19 heavy (non-hydrogen) atoms. The van der Waals surface area contributed by atoms with E-state index in [1.807, 2.05) is 24.3 Å². The number of carbonyl (C=O) groups excluding carboxylic acids is 1. The number of likely N-dealkylation sites (tertiary alicyclic amines) is 1. The largest absolute Gasteiger partial charge is 0.371 e. The van der Waals surface area contributed by atoms with Crippen molar-refractivity contribution in [3.8, 4) is 0 Å². The van der Waals surface area contributed by atoms with Crippen LogP contribution in [0.3, 0.4) is 0 Å². The number of hydrogen-bond donors (Lipinski definition) is 2. The first-order valence-electron chi connectivity index (χ1n) is 6.47. The number of nitrogens with one attached hydrogen (secondary N) is 1. The second kappa shape index (κ2) is 5.51. The number of anilines is 1. The molecule has 0 bridgehead atoms. The van der Waals surface area contributed by atoms with Crippen molar-refractivity contribution < 1.29 is 4.79 Å². The molecule has 1 aromatic carbocycles. The lowest BCUT2D eigenvalue weighted by molar-refractivity contribution is -0.124. The Kier molecular flexibility index (Phi) is 4.16. The Labute approximate surface area is 122 Å². The molecule has 1 aliphatic heterocycles. The highest BCUT2D eigenvalue weighted by Gasteiger charge is 2.42. The van der Waals surface area contributed by atoms with Gasteiger partial charge >= 0.3 is 0 Å². The van der Waals surface area contributed by atoms with Crippen LogP contribution in [-0.4, -0.2) is 36.0 Å². The number of piperidine rings is 1. The minimum absolute atomic E-state index is 0.271. The van der Waals surface area contributed by atoms with Crippen molar-refractivity contribution in [2.45, 2.75) is 31.3 Å². The fourth-order valence-electron chi connectivity index (χ4n) is 2.59. The summed E-state index contributed by atoms with van der Waals surface area (Å²) in [5.74, 6) is -0.271. The molecule has 104 valence electrons. The zero-order chi connectivity index (χ0) is 14.0. The Hall–Kier alpha value is -1.07. The van der Waals surface area contributed by atoms with Gasteiger partial charge in [-0.05, 0) is 45.0 Å². The van der Waals surface area contributed by atoms with E-state index in [4.69, 9.17) is 5.73 Å². The Balaban J connectivity index is 2.23. The lowest BCUT2D eigenvalue weighted by Gasteiger charge is -2.43. The average Bonchev–Trinajstić information content (AvgIpc) is 2.34. The molecule has 3 N–H and O–H groups in total. The van der Waals surface area contributed by atoms with Crippen LogP contribution in [-0.2, 0) is 4.79 Å². The summed E-state index contributed by atoms with van der Waals surface area (Å²) < 4.78 is 0.984. The van der Waals surface area contributed by atoms with Crippen LogP contribution in [0.1, 0.15) is 19.8 Å². The quantitative estimate of drug-likeness (QED) is 0.895. The minimum atomic E-state index is -0.646. The van der Waals surface area contributed by atoms with Crippen LogP contribution >= 0.6 is 15.9 Å². The molecule has 2 atom stereocenters. The van der Waals surface area contributed by atoms with E-state index in [1.165, 1.54) is 0 Å². The molecule has 0 aromatic heterocycles. The van der Waals surface area contributed by atoms with Gasteiger partial charge in [-0.25, -0.2) is 0 Å². The van der Waals surface area contributed by atoms with Gasteiger partial charge in [-0.15, -0.1) is 0 Å². The topological polar surface area (TPSA) is 58.4 Å². The lowest BCUT2D eigenvalue weighted by Crippen LogP contribution is -2.59. The molecular formula is C14H20BrN3O. The Morgan fingerprint density at radius 1 is 1.58 bits per heavy atom. The van der Waals surface area contributed by atoms with E-state index >= 15 is 0 Å². The van der Waals surface area contributed by atoms with Crippen molar-refractivity contribution in [3.05, 3.63) is 28.7 Å². The van der Waals surface area contributed by atoms with Crippen molar-refractivity contribution >= 4 is 27.5 Å². The molecule has 1 aromatic rings. The Morgan fingerprint density at radius 3 is 2.89 bits per heavy atom. The zero-order valence-electron chi connectivity index (χ0n) is 11.3. The standard InChI is InChI=1S/C14H20BrN3O/c1-10-9-14(13(16)19,6-7-18(10)2)17-12-5-3-4-11(15)8-12/h3-5,8,10,17H,6-7,9H2,1-2H3,(H2,16,19). The Morgan fingerprint density at radius 2 is 2.32 bits per heavy atom. The second-order valence-corrected chi connectivity index (χ2v) is 6.28. The molecule has 1 saturated heterocycles. The number of primary amides is 1. The number of nitrogens with zero attached hydrogens (tertiary/aromatic N) is 1. The van der Waals surface area contributed by atoms with Gasteiger partial charge in [-0.3, -0.25) is 4.79 Å². The highest BCUT2D eigenvalue weighted by Crippen LogP contribution is 2.30. The minimum Gasteiger partial charge on any atom is -0.371 e. The summed E-state index contributed by atoms with van der Waals surface area (Å²) in [5, 5.41) is 3.35. The van der Waals surface area contributed by atoms with Crippen molar-refractivity contribution in [3.63, 3.8) is 0 Å². The zero-order valence-corrected chi connectivity index (χ0v) is 12.9. The summed E-state index contributed by atoms with van der Waals surface area (Å²) in [6.07, 6.45) is 1.46. The molecule has 5 heteroatoms. The predicted octanol–water partition coefficient (Wildman–Crippen LogP) is 2.20. The van der Waals surface area contributed by atoms with Gasteiger partial charge in [-0.2, -0.15) is 0 Å². The van der Waals surface area contributed by atoms with Gasteiger partial charge in [0.05, 0.1) is 0 Å². The van der Waals surface area contributed by atoms with E-state index in [0.29, 0.717) is 6.04 Å². The first-order valence-corrected chi connectivity index (χ1v) is 7.26. The summed E-state index contributed by atoms with van der Waals surface area (Å²) in [4.78, 5) is 14.2. The molecule has 1 aliphatic rings. The van der Waals surface area contributed by atoms with Crippen LogP contribution in [0.2, 0.25) is 0 Å². The SMILES string of the molecule is CC1CC(Nc2cccc(Br)c2)(C(N)=O)CCN1C. The fourth-order valence-corrected chi connectivity index (χ4v) is 2.99. The molecule has 2 rings (SSSR count). The number of hydrogen-bond acceptors (Lipinski definition) is 3. The number of carbonyl (C=O) groups is 1. The molecule has 0 radical (unpaired) electrons. The van der Waals surface area contributed by atoms with Crippen LogP contribution in [0.5, 0.6) is 0 Å². The molecule has 0 saturated carbocycles. The summed E-state index contributed by atoms with van der Waals surface area (Å²) in [7, 11) is 2.08. The molecule has 2 unspecified atom stereocenters. The third-order valence-corrected chi connectivity index (χ3v) is 4.46. The van der Waals surface area contributed by atoms with Crippen LogP contribution in [0, 0.1) is 0 Å². The third-order valence-electron chi connectivity index (χ3n) is 3.97. The number of rotatable bonds is 3. The molecular weight excluding hydrogens is 306 g/mol. The first-order chi connectivity index (χ1) is 8.93. The normalized spacial score (nSPS) is 28.1. The van der Waals surface area contributed by atoms with Gasteiger partial charge in [0.2, 0.25) is 5.91 Å². The van der Waals surface area contributed by atoms with E-state index in [1.54, 1.807) is 0 Å². The van der Waals surface area contributed by atoms with Crippen molar-refractivity contribution in [1.29, 1.82) is 0 Å². The summed E-state index contributed by atoms with van der Waals surface area (Å²) in [5.41, 5.74) is 5.94. The number of amides is 1. The average molecular weight is 326 g/mol. The smallest absolute Gasteiger partial charge is 0.243 e. The van der Waals surface area contributed by atoms with Crippen molar-refractivity contribution in [1.82, 2.24) is 4.90 Å². The van der Waals surface area contributed by atoms with E-state index in [-0.39, 0.29) is 5.91 Å². The molecule has 4 nitrogen and oxygen atoms in total. The number of benzene rings is 1. The Bertz CT molecular complexity index is 480. The van der Waals surface area contributed by atoms with Crippen LogP contribution in [0.25, 0.3) is 0 Å². The van der Waals surface area contributed by atoms with E-state index in [9.17, 15) is 4.79 Å². The number of halogens is 1. The maximum atomic E-state index is 11.9. The second-order valence-electron chi connectivity index (χ2n) is 5.37. The van der Waals surface area contributed by atoms with Crippen molar-refractivity contribution in [2.24, 2.45) is 5.73 Å². The third kappa shape index (κ3) is 3.09. The van der Waals surface area contributed by atoms with E-state index in [0.717, 1.165) is 29.5 Å². The highest BCUT2D eigenvalue weighted by molar-refractivity contribution is 9.10. The van der Waals surface area contributed by atoms with Crippen LogP contribution < -0.4 is 11.1 Å². The van der Waals surface area contributed by atoms with Gasteiger partial charge in [0.1, 0.15) is 5.54 Å². The molecule has 1 heterocycles. The van der Waals surface area contributed by atoms with Gasteiger partial charge in [0, 0.05) is 22.7 Å². The van der Waals surface area contributed by atoms with Gasteiger partial charge in [0.15, 0.2) is 0 Å². The molecule has 1 amide bonds.